The topological polar surface area (TPSA) is 78.0 Å². The van der Waals surface area contributed by atoms with Gasteiger partial charge in [-0.2, -0.15) is 10.2 Å². The van der Waals surface area contributed by atoms with Crippen LogP contribution in [0.4, 0.5) is 5.69 Å². The van der Waals surface area contributed by atoms with Gasteiger partial charge in [-0.3, -0.25) is 0 Å². The summed E-state index contributed by atoms with van der Waals surface area (Å²) in [7, 11) is 0. The van der Waals surface area contributed by atoms with Crippen molar-refractivity contribution in [1.29, 1.82) is 5.26 Å². The first-order valence-corrected chi connectivity index (χ1v) is 10.7. The predicted molar refractivity (Wildman–Crippen MR) is 116 cm³/mol. The smallest absolute Gasteiger partial charge is 0.258 e. The molecule has 0 saturated carbocycles. The lowest BCUT2D eigenvalue weighted by molar-refractivity contribution is 0.432. The highest BCUT2D eigenvalue weighted by Gasteiger charge is 2.22. The molecule has 0 spiro atoms. The van der Waals surface area contributed by atoms with Crippen molar-refractivity contribution < 1.29 is 4.52 Å². The SMILES string of the molecule is C[C@@H]1CCCCN1c1ccc(-c2nc(-c3ccc4c(c3)CNCC4)no2)cc1C#N. The number of nitriles is 1. The van der Waals surface area contributed by atoms with E-state index in [-0.39, 0.29) is 0 Å². The van der Waals surface area contributed by atoms with Gasteiger partial charge in [-0.1, -0.05) is 17.3 Å². The van der Waals surface area contributed by atoms with Crippen LogP contribution in [-0.4, -0.2) is 29.3 Å². The van der Waals surface area contributed by atoms with E-state index < -0.39 is 0 Å². The van der Waals surface area contributed by atoms with Crippen molar-refractivity contribution in [1.82, 2.24) is 15.5 Å². The molecule has 0 aliphatic carbocycles. The number of benzene rings is 2. The molecular formula is C24H25N5O. The molecule has 6 nitrogen and oxygen atoms in total. The van der Waals surface area contributed by atoms with E-state index in [0.717, 1.165) is 49.3 Å². The summed E-state index contributed by atoms with van der Waals surface area (Å²) in [5.74, 6) is 1.01. The second-order valence-corrected chi connectivity index (χ2v) is 8.22. The average Bonchev–Trinajstić information content (AvgIpc) is 3.29. The lowest BCUT2D eigenvalue weighted by atomic mass is 9.98. The zero-order valence-corrected chi connectivity index (χ0v) is 17.2. The van der Waals surface area contributed by atoms with E-state index in [4.69, 9.17) is 4.52 Å². The molecule has 1 saturated heterocycles. The Hall–Kier alpha value is -3.17. The van der Waals surface area contributed by atoms with Crippen LogP contribution in [0.2, 0.25) is 0 Å². The van der Waals surface area contributed by atoms with Gasteiger partial charge in [0.25, 0.3) is 5.89 Å². The van der Waals surface area contributed by atoms with Crippen molar-refractivity contribution in [3.63, 3.8) is 0 Å². The first-order valence-electron chi connectivity index (χ1n) is 10.7. The monoisotopic (exact) mass is 399 g/mol. The van der Waals surface area contributed by atoms with Gasteiger partial charge in [0.2, 0.25) is 5.82 Å². The molecule has 0 unspecified atom stereocenters. The summed E-state index contributed by atoms with van der Waals surface area (Å²) in [4.78, 5) is 6.95. The molecule has 1 fully saturated rings. The highest BCUT2D eigenvalue weighted by atomic mass is 16.5. The molecule has 0 amide bonds. The van der Waals surface area contributed by atoms with Gasteiger partial charge in [-0.05, 0) is 74.5 Å². The molecule has 0 radical (unpaired) electrons. The lowest BCUT2D eigenvalue weighted by Gasteiger charge is -2.36. The van der Waals surface area contributed by atoms with Crippen LogP contribution in [0.25, 0.3) is 22.8 Å². The molecule has 2 aromatic carbocycles. The highest BCUT2D eigenvalue weighted by molar-refractivity contribution is 5.69. The van der Waals surface area contributed by atoms with E-state index in [1.165, 1.54) is 24.0 Å². The van der Waals surface area contributed by atoms with Gasteiger partial charge in [0.05, 0.1) is 11.3 Å². The van der Waals surface area contributed by atoms with Crippen LogP contribution in [0.3, 0.4) is 0 Å². The first-order chi connectivity index (χ1) is 14.7. The number of rotatable bonds is 3. The Balaban J connectivity index is 1.44. The molecule has 2 aliphatic rings. The number of hydrogen-bond acceptors (Lipinski definition) is 6. The van der Waals surface area contributed by atoms with Crippen molar-refractivity contribution in [2.75, 3.05) is 18.0 Å². The van der Waals surface area contributed by atoms with Gasteiger partial charge in [0.15, 0.2) is 0 Å². The Morgan fingerprint density at radius 1 is 1.13 bits per heavy atom. The van der Waals surface area contributed by atoms with Crippen LogP contribution in [0.5, 0.6) is 0 Å². The van der Waals surface area contributed by atoms with Crippen LogP contribution in [0.1, 0.15) is 42.9 Å². The second-order valence-electron chi connectivity index (χ2n) is 8.22. The number of piperidine rings is 1. The Morgan fingerprint density at radius 2 is 2.03 bits per heavy atom. The Morgan fingerprint density at radius 3 is 2.90 bits per heavy atom. The summed E-state index contributed by atoms with van der Waals surface area (Å²) >= 11 is 0. The molecule has 0 bridgehead atoms. The van der Waals surface area contributed by atoms with Crippen LogP contribution in [-0.2, 0) is 13.0 Å². The number of fused-ring (bicyclic) bond motifs is 1. The van der Waals surface area contributed by atoms with Crippen LogP contribution in [0, 0.1) is 11.3 Å². The van der Waals surface area contributed by atoms with Crippen molar-refractivity contribution >= 4 is 5.69 Å². The van der Waals surface area contributed by atoms with Gasteiger partial charge < -0.3 is 14.7 Å². The van der Waals surface area contributed by atoms with E-state index in [9.17, 15) is 5.26 Å². The van der Waals surface area contributed by atoms with Crippen molar-refractivity contribution in [2.24, 2.45) is 0 Å². The van der Waals surface area contributed by atoms with Crippen molar-refractivity contribution in [2.45, 2.75) is 45.2 Å². The predicted octanol–water partition coefficient (Wildman–Crippen LogP) is 4.30. The van der Waals surface area contributed by atoms with Crippen LogP contribution < -0.4 is 10.2 Å². The van der Waals surface area contributed by atoms with Gasteiger partial charge in [-0.15, -0.1) is 0 Å². The molecule has 30 heavy (non-hydrogen) atoms. The molecule has 1 aromatic heterocycles. The van der Waals surface area contributed by atoms with Gasteiger partial charge >= 0.3 is 0 Å². The molecule has 5 rings (SSSR count). The van der Waals surface area contributed by atoms with Crippen LogP contribution in [0.15, 0.2) is 40.9 Å². The second kappa shape index (κ2) is 7.92. The maximum atomic E-state index is 9.75. The maximum Gasteiger partial charge on any atom is 0.258 e. The number of anilines is 1. The Kier molecular flexibility index (Phi) is 4.97. The number of hydrogen-bond donors (Lipinski definition) is 1. The van der Waals surface area contributed by atoms with Gasteiger partial charge in [0.1, 0.15) is 6.07 Å². The summed E-state index contributed by atoms with van der Waals surface area (Å²) < 4.78 is 5.56. The minimum atomic E-state index is 0.440. The normalized spacial score (nSPS) is 18.7. The maximum absolute atomic E-state index is 9.75. The number of nitrogens with zero attached hydrogens (tertiary/aromatic N) is 4. The standard InChI is InChI=1S/C24H25N5O/c1-16-4-2-3-11-29(16)22-8-7-19(13-20(22)14-25)24-27-23(28-30-24)18-6-5-17-9-10-26-15-21(17)12-18/h5-8,12-13,16,26H,2-4,9-11,15H2,1H3/t16-/m1/s1. The fraction of sp³-hybridized carbons (Fsp3) is 0.375. The van der Waals surface area contributed by atoms with E-state index >= 15 is 0 Å². The molecule has 1 atom stereocenters. The van der Waals surface area contributed by atoms with Crippen LogP contribution >= 0.6 is 0 Å². The third kappa shape index (κ3) is 3.46. The average molecular weight is 399 g/mol. The van der Waals surface area contributed by atoms with Gasteiger partial charge in [0, 0.05) is 30.3 Å². The largest absolute Gasteiger partial charge is 0.368 e. The molecule has 6 heteroatoms. The van der Waals surface area contributed by atoms with Crippen molar-refractivity contribution in [3.05, 3.63) is 53.1 Å². The minimum absolute atomic E-state index is 0.440. The van der Waals surface area contributed by atoms with E-state index in [1.807, 2.05) is 18.2 Å². The molecule has 1 N–H and O–H groups in total. The summed E-state index contributed by atoms with van der Waals surface area (Å²) in [6, 6.07) is 15.0. The highest BCUT2D eigenvalue weighted by Crippen LogP contribution is 2.32. The molecule has 3 heterocycles. The summed E-state index contributed by atoms with van der Waals surface area (Å²) in [5, 5.41) is 17.3. The van der Waals surface area contributed by atoms with Gasteiger partial charge in [-0.25, -0.2) is 0 Å². The van der Waals surface area contributed by atoms with Crippen molar-refractivity contribution in [3.8, 4) is 28.9 Å². The fourth-order valence-corrected chi connectivity index (χ4v) is 4.54. The summed E-state index contributed by atoms with van der Waals surface area (Å²) in [6.07, 6.45) is 4.63. The fourth-order valence-electron chi connectivity index (χ4n) is 4.54. The zero-order chi connectivity index (χ0) is 20.5. The number of nitrogens with one attached hydrogen (secondary N) is 1. The lowest BCUT2D eigenvalue weighted by Crippen LogP contribution is -2.37. The third-order valence-corrected chi connectivity index (χ3v) is 6.25. The molecule has 2 aliphatic heterocycles. The van der Waals surface area contributed by atoms with E-state index in [1.54, 1.807) is 0 Å². The minimum Gasteiger partial charge on any atom is -0.368 e. The van der Waals surface area contributed by atoms with E-state index in [2.05, 4.69) is 51.5 Å². The zero-order valence-electron chi connectivity index (χ0n) is 17.2. The molecule has 3 aromatic rings. The number of aromatic nitrogens is 2. The summed E-state index contributed by atoms with van der Waals surface area (Å²) in [5.41, 5.74) is 6.04. The van der Waals surface area contributed by atoms with E-state index in [0.29, 0.717) is 23.3 Å². The Labute approximate surface area is 176 Å². The molecular weight excluding hydrogens is 374 g/mol. The summed E-state index contributed by atoms with van der Waals surface area (Å²) in [6.45, 7) is 5.11. The molecule has 152 valence electrons. The quantitative estimate of drug-likeness (QED) is 0.707. The Bertz CT molecular complexity index is 1110. The first kappa shape index (κ1) is 18.8. The third-order valence-electron chi connectivity index (χ3n) is 6.25.